The second-order valence-electron chi connectivity index (χ2n) is 3.85. The number of aliphatic hydroxyl groups excluding tert-OH is 1. The van der Waals surface area contributed by atoms with Gasteiger partial charge in [0.15, 0.2) is 10.9 Å². The van der Waals surface area contributed by atoms with Crippen molar-refractivity contribution in [3.05, 3.63) is 23.0 Å². The molecule has 0 aromatic carbocycles. The third kappa shape index (κ3) is 2.80. The lowest BCUT2D eigenvalue weighted by molar-refractivity contribution is 0.277. The Labute approximate surface area is 109 Å². The number of H-pyrrole nitrogens is 1. The van der Waals surface area contributed by atoms with Crippen molar-refractivity contribution in [3.63, 3.8) is 0 Å². The van der Waals surface area contributed by atoms with Gasteiger partial charge in [-0.3, -0.25) is 5.10 Å². The van der Waals surface area contributed by atoms with Gasteiger partial charge in [-0.2, -0.15) is 10.1 Å². The normalized spacial score (nSPS) is 11.9. The first-order valence-electron chi connectivity index (χ1n) is 5.37. The number of hydrogen-bond donors (Lipinski definition) is 3. The van der Waals surface area contributed by atoms with E-state index in [0.29, 0.717) is 11.5 Å². The Bertz CT molecular complexity index is 675. The monoisotopic (exact) mass is 287 g/mol. The highest BCUT2D eigenvalue weighted by Crippen LogP contribution is 2.16. The van der Waals surface area contributed by atoms with Crippen molar-refractivity contribution in [1.29, 1.82) is 0 Å². The molecule has 2 aromatic rings. The molecule has 0 aliphatic rings. The molecule has 10 heteroatoms. The van der Waals surface area contributed by atoms with Gasteiger partial charge in [-0.1, -0.05) is 5.16 Å². The van der Waals surface area contributed by atoms with Crippen LogP contribution in [0.25, 0.3) is 0 Å². The van der Waals surface area contributed by atoms with Gasteiger partial charge in [0.25, 0.3) is 10.0 Å². The summed E-state index contributed by atoms with van der Waals surface area (Å²) in [5.41, 5.74) is 0.728. The molecule has 3 N–H and O–H groups in total. The number of sulfonamides is 1. The van der Waals surface area contributed by atoms with E-state index in [4.69, 9.17) is 9.63 Å². The number of aromatic nitrogens is 4. The molecule has 9 nitrogen and oxygen atoms in total. The maximum absolute atomic E-state index is 12.0. The fourth-order valence-corrected chi connectivity index (χ4v) is 2.63. The van der Waals surface area contributed by atoms with E-state index in [1.165, 1.54) is 0 Å². The van der Waals surface area contributed by atoms with Gasteiger partial charge >= 0.3 is 0 Å². The molecule has 0 aliphatic carbocycles. The molecule has 19 heavy (non-hydrogen) atoms. The van der Waals surface area contributed by atoms with Crippen LogP contribution in [0.15, 0.2) is 9.55 Å². The zero-order valence-corrected chi connectivity index (χ0v) is 11.2. The van der Waals surface area contributed by atoms with Gasteiger partial charge in [0, 0.05) is 11.3 Å². The Morgan fingerprint density at radius 3 is 2.74 bits per heavy atom. The maximum atomic E-state index is 12.0. The van der Waals surface area contributed by atoms with Crippen LogP contribution in [0, 0.1) is 13.8 Å². The number of aromatic amines is 1. The van der Waals surface area contributed by atoms with Crippen molar-refractivity contribution < 1.29 is 18.0 Å². The molecule has 0 bridgehead atoms. The van der Waals surface area contributed by atoms with E-state index in [9.17, 15) is 8.42 Å². The van der Waals surface area contributed by atoms with Crippen LogP contribution >= 0.6 is 0 Å². The van der Waals surface area contributed by atoms with E-state index >= 15 is 0 Å². The zero-order valence-electron chi connectivity index (χ0n) is 10.3. The Kier molecular flexibility index (Phi) is 3.64. The summed E-state index contributed by atoms with van der Waals surface area (Å²) in [5.74, 6) is 0.569. The van der Waals surface area contributed by atoms with Crippen molar-refractivity contribution >= 4 is 10.0 Å². The number of nitrogens with one attached hydrogen (secondary N) is 2. The topological polar surface area (TPSA) is 134 Å². The molecule has 0 saturated heterocycles. The zero-order chi connectivity index (χ0) is 14.0. The smallest absolute Gasteiger partial charge is 0.260 e. The molecule has 104 valence electrons. The first-order valence-corrected chi connectivity index (χ1v) is 6.86. The lowest BCUT2D eigenvalue weighted by Gasteiger charge is -2.03. The molecule has 2 heterocycles. The van der Waals surface area contributed by atoms with Crippen molar-refractivity contribution in [2.75, 3.05) is 0 Å². The van der Waals surface area contributed by atoms with Gasteiger partial charge in [-0.05, 0) is 13.8 Å². The molecule has 0 amide bonds. The van der Waals surface area contributed by atoms with Crippen LogP contribution in [0.2, 0.25) is 0 Å². The van der Waals surface area contributed by atoms with Crippen LogP contribution in [0.5, 0.6) is 0 Å². The Morgan fingerprint density at radius 1 is 1.42 bits per heavy atom. The molecule has 0 spiro atoms. The van der Waals surface area contributed by atoms with E-state index in [-0.39, 0.29) is 23.0 Å². The van der Waals surface area contributed by atoms with Gasteiger partial charge in [0.2, 0.25) is 5.89 Å². The summed E-state index contributed by atoms with van der Waals surface area (Å²) in [4.78, 5) is 3.87. The predicted octanol–water partition coefficient (Wildman–Crippen LogP) is -0.620. The molecular formula is C9H13N5O4S. The van der Waals surface area contributed by atoms with Crippen molar-refractivity contribution in [3.8, 4) is 0 Å². The SMILES string of the molecule is Cc1noc(CNS(=O)(=O)c2n[nH]c(C)c2CO)n1. The average molecular weight is 287 g/mol. The van der Waals surface area contributed by atoms with Crippen LogP contribution in [-0.4, -0.2) is 33.9 Å². The van der Waals surface area contributed by atoms with E-state index in [1.54, 1.807) is 13.8 Å². The van der Waals surface area contributed by atoms with Crippen LogP contribution in [0.4, 0.5) is 0 Å². The first kappa shape index (κ1) is 13.6. The summed E-state index contributed by atoms with van der Waals surface area (Å²) in [6.07, 6.45) is 0. The van der Waals surface area contributed by atoms with E-state index in [1.807, 2.05) is 0 Å². The third-order valence-corrected chi connectivity index (χ3v) is 3.80. The van der Waals surface area contributed by atoms with Gasteiger partial charge in [-0.15, -0.1) is 0 Å². The number of aliphatic hydroxyl groups is 1. The number of rotatable bonds is 5. The molecule has 2 aromatic heterocycles. The highest BCUT2D eigenvalue weighted by Gasteiger charge is 2.23. The van der Waals surface area contributed by atoms with E-state index in [2.05, 4.69) is 25.1 Å². The summed E-state index contributed by atoms with van der Waals surface area (Å²) in [6.45, 7) is 2.69. The van der Waals surface area contributed by atoms with E-state index in [0.717, 1.165) is 0 Å². The van der Waals surface area contributed by atoms with Gasteiger partial charge in [0.1, 0.15) is 0 Å². The maximum Gasteiger partial charge on any atom is 0.260 e. The summed E-state index contributed by atoms with van der Waals surface area (Å²) in [7, 11) is -3.85. The second kappa shape index (κ2) is 5.07. The van der Waals surface area contributed by atoms with Crippen LogP contribution in [0.3, 0.4) is 0 Å². The summed E-state index contributed by atoms with van der Waals surface area (Å²) in [5, 5.41) is 18.6. The third-order valence-electron chi connectivity index (χ3n) is 2.43. The molecule has 0 saturated carbocycles. The Balaban J connectivity index is 2.18. The lowest BCUT2D eigenvalue weighted by Crippen LogP contribution is -2.24. The minimum atomic E-state index is -3.85. The molecule has 0 atom stereocenters. The van der Waals surface area contributed by atoms with Crippen LogP contribution < -0.4 is 4.72 Å². The minimum Gasteiger partial charge on any atom is -0.392 e. The molecule has 0 unspecified atom stereocenters. The standard InChI is InChI=1S/C9H13N5O4S/c1-5-7(4-15)9(13-12-5)19(16,17)10-3-8-11-6(2)14-18-8/h10,15H,3-4H2,1-2H3,(H,12,13). The summed E-state index contributed by atoms with van der Waals surface area (Å²) in [6, 6.07) is 0. The molecule has 2 rings (SSSR count). The average Bonchev–Trinajstić information content (AvgIpc) is 2.93. The van der Waals surface area contributed by atoms with Crippen LogP contribution in [0.1, 0.15) is 23.0 Å². The Hall–Kier alpha value is -1.78. The largest absolute Gasteiger partial charge is 0.392 e. The molecule has 0 fully saturated rings. The summed E-state index contributed by atoms with van der Waals surface area (Å²) < 4.78 is 31.1. The number of aryl methyl sites for hydroxylation is 2. The van der Waals surface area contributed by atoms with Gasteiger partial charge in [0.05, 0.1) is 13.2 Å². The molecule has 0 radical (unpaired) electrons. The highest BCUT2D eigenvalue weighted by atomic mass is 32.2. The minimum absolute atomic E-state index is 0.139. The van der Waals surface area contributed by atoms with E-state index < -0.39 is 16.6 Å². The number of nitrogens with zero attached hydrogens (tertiary/aromatic N) is 3. The van der Waals surface area contributed by atoms with Gasteiger partial charge < -0.3 is 9.63 Å². The predicted molar refractivity (Wildman–Crippen MR) is 62.3 cm³/mol. The fraction of sp³-hybridized carbons (Fsp3) is 0.444. The van der Waals surface area contributed by atoms with Crippen molar-refractivity contribution in [2.24, 2.45) is 0 Å². The molecule has 0 aliphatic heterocycles. The lowest BCUT2D eigenvalue weighted by atomic mass is 10.3. The summed E-state index contributed by atoms with van der Waals surface area (Å²) >= 11 is 0. The van der Waals surface area contributed by atoms with Crippen LogP contribution in [-0.2, 0) is 23.2 Å². The number of hydrogen-bond acceptors (Lipinski definition) is 7. The van der Waals surface area contributed by atoms with Crippen molar-refractivity contribution in [2.45, 2.75) is 32.0 Å². The quantitative estimate of drug-likeness (QED) is 0.667. The Morgan fingerprint density at radius 2 is 2.16 bits per heavy atom. The van der Waals surface area contributed by atoms with Crippen molar-refractivity contribution in [1.82, 2.24) is 25.1 Å². The molecular weight excluding hydrogens is 274 g/mol. The van der Waals surface area contributed by atoms with Gasteiger partial charge in [-0.25, -0.2) is 13.1 Å². The first-order chi connectivity index (χ1) is 8.94. The highest BCUT2D eigenvalue weighted by molar-refractivity contribution is 7.89. The second-order valence-corrected chi connectivity index (χ2v) is 5.53. The fourth-order valence-electron chi connectivity index (χ4n) is 1.48.